The molecule has 0 saturated carbocycles. The van der Waals surface area contributed by atoms with E-state index in [0.29, 0.717) is 36.8 Å². The second kappa shape index (κ2) is 6.34. The monoisotopic (exact) mass is 384 g/mol. The molecule has 6 heterocycles. The SMILES string of the molecule is CC1CC(C(=O)N2C[C@H](c3ccc4c(c3)OCO4)[C@H]3[C@@H]2C2CCN3CC2)NN1. The summed E-state index contributed by atoms with van der Waals surface area (Å²) in [6.07, 6.45) is 3.28. The summed E-state index contributed by atoms with van der Waals surface area (Å²) in [5.41, 5.74) is 7.70. The lowest BCUT2D eigenvalue weighted by atomic mass is 9.75. The smallest absolute Gasteiger partial charge is 0.241 e. The number of hydrogen-bond donors (Lipinski definition) is 2. The highest BCUT2D eigenvalue weighted by Crippen LogP contribution is 2.48. The fourth-order valence-corrected chi connectivity index (χ4v) is 6.19. The van der Waals surface area contributed by atoms with Gasteiger partial charge in [0.15, 0.2) is 11.5 Å². The van der Waals surface area contributed by atoms with Gasteiger partial charge >= 0.3 is 0 Å². The van der Waals surface area contributed by atoms with E-state index in [0.717, 1.165) is 37.6 Å². The van der Waals surface area contributed by atoms with Gasteiger partial charge < -0.3 is 14.4 Å². The van der Waals surface area contributed by atoms with Gasteiger partial charge in [0.1, 0.15) is 6.04 Å². The standard InChI is InChI=1S/C21H28N4O3/c1-12-8-16(23-22-12)21(26)25-10-15(14-2-3-17-18(9-14)28-11-27-17)20-19(25)13-4-6-24(20)7-5-13/h2-3,9,12-13,15-16,19-20,22-23H,4-8,10-11H2,1H3/t12?,15-,16?,19+,20+/m1/s1. The average Bonchev–Trinajstić information content (AvgIpc) is 3.46. The average molecular weight is 384 g/mol. The summed E-state index contributed by atoms with van der Waals surface area (Å²) in [6.45, 7) is 5.54. The second-order valence-electron chi connectivity index (χ2n) is 9.04. The number of rotatable bonds is 2. The van der Waals surface area contributed by atoms with Crippen LogP contribution in [0.2, 0.25) is 0 Å². The minimum atomic E-state index is -0.110. The van der Waals surface area contributed by atoms with E-state index in [-0.39, 0.29) is 11.9 Å². The van der Waals surface area contributed by atoms with E-state index in [9.17, 15) is 4.79 Å². The molecule has 5 atom stereocenters. The molecule has 7 heteroatoms. The lowest BCUT2D eigenvalue weighted by Gasteiger charge is -2.51. The number of hydrogen-bond acceptors (Lipinski definition) is 6. The van der Waals surface area contributed by atoms with Gasteiger partial charge in [0.2, 0.25) is 12.7 Å². The number of nitrogens with one attached hydrogen (secondary N) is 2. The molecule has 0 radical (unpaired) electrons. The molecule has 6 aliphatic heterocycles. The zero-order valence-corrected chi connectivity index (χ0v) is 16.3. The predicted molar refractivity (Wildman–Crippen MR) is 103 cm³/mol. The van der Waals surface area contributed by atoms with E-state index in [1.165, 1.54) is 18.4 Å². The van der Waals surface area contributed by atoms with Crippen LogP contribution in [0.3, 0.4) is 0 Å². The third kappa shape index (κ3) is 2.49. The van der Waals surface area contributed by atoms with Crippen molar-refractivity contribution >= 4 is 5.91 Å². The normalized spacial score (nSPS) is 40.8. The molecular weight excluding hydrogens is 356 g/mol. The number of amides is 1. The predicted octanol–water partition coefficient (Wildman–Crippen LogP) is 1.06. The molecule has 0 spiro atoms. The molecule has 1 aromatic carbocycles. The van der Waals surface area contributed by atoms with Gasteiger partial charge in [-0.15, -0.1) is 0 Å². The molecule has 5 saturated heterocycles. The Labute approximate surface area is 165 Å². The number of carbonyl (C=O) groups is 1. The lowest BCUT2D eigenvalue weighted by molar-refractivity contribution is -0.138. The molecule has 2 N–H and O–H groups in total. The molecule has 150 valence electrons. The summed E-state index contributed by atoms with van der Waals surface area (Å²) >= 11 is 0. The van der Waals surface area contributed by atoms with Crippen molar-refractivity contribution in [1.82, 2.24) is 20.7 Å². The summed E-state index contributed by atoms with van der Waals surface area (Å²) in [6, 6.07) is 7.32. The zero-order chi connectivity index (χ0) is 18.8. The molecule has 1 amide bonds. The van der Waals surface area contributed by atoms with Crippen LogP contribution in [0, 0.1) is 5.92 Å². The summed E-state index contributed by atoms with van der Waals surface area (Å²) < 4.78 is 11.1. The van der Waals surface area contributed by atoms with Crippen molar-refractivity contribution in [2.24, 2.45) is 5.92 Å². The Morgan fingerprint density at radius 1 is 1.11 bits per heavy atom. The summed E-state index contributed by atoms with van der Waals surface area (Å²) in [4.78, 5) is 18.3. The van der Waals surface area contributed by atoms with Crippen LogP contribution in [-0.2, 0) is 4.79 Å². The Balaban J connectivity index is 1.34. The minimum Gasteiger partial charge on any atom is -0.454 e. The number of piperidine rings is 3. The van der Waals surface area contributed by atoms with Crippen molar-refractivity contribution in [3.05, 3.63) is 23.8 Å². The number of fused-ring (bicyclic) bond motifs is 3. The van der Waals surface area contributed by atoms with Crippen LogP contribution in [0.5, 0.6) is 11.5 Å². The third-order valence-corrected chi connectivity index (χ3v) is 7.49. The fourth-order valence-electron chi connectivity index (χ4n) is 6.19. The highest BCUT2D eigenvalue weighted by Gasteiger charge is 2.55. The third-order valence-electron chi connectivity index (χ3n) is 7.49. The molecule has 0 aromatic heterocycles. The number of nitrogens with zero attached hydrogens (tertiary/aromatic N) is 2. The van der Waals surface area contributed by atoms with Crippen LogP contribution in [0.15, 0.2) is 18.2 Å². The number of ether oxygens (including phenoxy) is 2. The number of benzene rings is 1. The molecule has 7 rings (SSSR count). The van der Waals surface area contributed by atoms with Gasteiger partial charge in [0.05, 0.1) is 6.04 Å². The van der Waals surface area contributed by atoms with E-state index < -0.39 is 0 Å². The quantitative estimate of drug-likeness (QED) is 0.795. The Bertz CT molecular complexity index is 794. The first-order valence-electron chi connectivity index (χ1n) is 10.6. The van der Waals surface area contributed by atoms with Crippen molar-refractivity contribution in [1.29, 1.82) is 0 Å². The summed E-state index contributed by atoms with van der Waals surface area (Å²) in [5.74, 6) is 2.89. The van der Waals surface area contributed by atoms with Gasteiger partial charge in [0.25, 0.3) is 0 Å². The molecular formula is C21H28N4O3. The molecule has 7 nitrogen and oxygen atoms in total. The first kappa shape index (κ1) is 17.1. The Hall–Kier alpha value is -1.83. The van der Waals surface area contributed by atoms with Crippen molar-refractivity contribution in [3.63, 3.8) is 0 Å². The van der Waals surface area contributed by atoms with Crippen LogP contribution >= 0.6 is 0 Å². The Morgan fingerprint density at radius 3 is 2.71 bits per heavy atom. The van der Waals surface area contributed by atoms with Crippen LogP contribution in [0.1, 0.15) is 37.7 Å². The molecule has 2 unspecified atom stereocenters. The molecule has 28 heavy (non-hydrogen) atoms. The maximum Gasteiger partial charge on any atom is 0.241 e. The number of hydrazine groups is 1. The molecule has 2 bridgehead atoms. The highest BCUT2D eigenvalue weighted by atomic mass is 16.7. The highest BCUT2D eigenvalue weighted by molar-refractivity contribution is 5.83. The van der Waals surface area contributed by atoms with E-state index in [2.05, 4.69) is 39.7 Å². The van der Waals surface area contributed by atoms with Crippen LogP contribution in [0.25, 0.3) is 0 Å². The zero-order valence-electron chi connectivity index (χ0n) is 16.3. The van der Waals surface area contributed by atoms with E-state index in [4.69, 9.17) is 9.47 Å². The van der Waals surface area contributed by atoms with Gasteiger partial charge in [-0.05, 0) is 62.9 Å². The topological polar surface area (TPSA) is 66.1 Å². The Morgan fingerprint density at radius 2 is 1.93 bits per heavy atom. The largest absolute Gasteiger partial charge is 0.454 e. The van der Waals surface area contributed by atoms with Gasteiger partial charge in [0, 0.05) is 24.5 Å². The summed E-state index contributed by atoms with van der Waals surface area (Å²) in [7, 11) is 0. The van der Waals surface area contributed by atoms with Crippen LogP contribution < -0.4 is 20.3 Å². The van der Waals surface area contributed by atoms with E-state index in [1.807, 2.05) is 6.07 Å². The van der Waals surface area contributed by atoms with Crippen molar-refractivity contribution in [3.8, 4) is 11.5 Å². The Kier molecular flexibility index (Phi) is 3.86. The summed E-state index contributed by atoms with van der Waals surface area (Å²) in [5, 5.41) is 0. The first-order valence-corrected chi connectivity index (χ1v) is 10.6. The van der Waals surface area contributed by atoms with Crippen LogP contribution in [-0.4, -0.2) is 66.3 Å². The fraction of sp³-hybridized carbons (Fsp3) is 0.667. The van der Waals surface area contributed by atoms with Gasteiger partial charge in [-0.1, -0.05) is 6.07 Å². The van der Waals surface area contributed by atoms with Crippen molar-refractivity contribution < 1.29 is 14.3 Å². The van der Waals surface area contributed by atoms with Gasteiger partial charge in [-0.25, -0.2) is 5.43 Å². The first-order chi connectivity index (χ1) is 13.7. The maximum absolute atomic E-state index is 13.4. The van der Waals surface area contributed by atoms with Gasteiger partial charge in [-0.2, -0.15) is 0 Å². The van der Waals surface area contributed by atoms with E-state index in [1.54, 1.807) is 0 Å². The van der Waals surface area contributed by atoms with Crippen molar-refractivity contribution in [2.45, 2.75) is 56.3 Å². The lowest BCUT2D eigenvalue weighted by Crippen LogP contribution is -2.62. The molecule has 6 aliphatic rings. The molecule has 1 aromatic rings. The molecule has 0 aliphatic carbocycles. The second-order valence-corrected chi connectivity index (χ2v) is 9.04. The van der Waals surface area contributed by atoms with Crippen LogP contribution in [0.4, 0.5) is 0 Å². The van der Waals surface area contributed by atoms with Crippen molar-refractivity contribution in [2.75, 3.05) is 26.4 Å². The minimum absolute atomic E-state index is 0.110. The number of carbonyl (C=O) groups excluding carboxylic acids is 1. The maximum atomic E-state index is 13.4. The molecule has 5 fully saturated rings. The number of likely N-dealkylation sites (tertiary alicyclic amines) is 1. The van der Waals surface area contributed by atoms with Gasteiger partial charge in [-0.3, -0.25) is 15.1 Å². The van der Waals surface area contributed by atoms with E-state index >= 15 is 0 Å².